The van der Waals surface area contributed by atoms with E-state index in [-0.39, 0.29) is 18.5 Å². The second-order valence-electron chi connectivity index (χ2n) is 3.32. The molecule has 3 unspecified atom stereocenters. The Bertz CT molecular complexity index is 118. The zero-order valence-corrected chi connectivity index (χ0v) is 6.73. The lowest BCUT2D eigenvalue weighted by atomic mass is 10.0. The fraction of sp³-hybridized carbons (Fsp3) is 1.00. The van der Waals surface area contributed by atoms with Crippen LogP contribution in [0.4, 0.5) is 0 Å². The predicted molar refractivity (Wildman–Crippen MR) is 42.3 cm³/mol. The van der Waals surface area contributed by atoms with Crippen LogP contribution in [-0.2, 0) is 0 Å². The van der Waals surface area contributed by atoms with Crippen molar-refractivity contribution in [2.75, 3.05) is 13.1 Å². The van der Waals surface area contributed by atoms with Crippen LogP contribution in [0.1, 0.15) is 12.8 Å². The molecule has 2 aliphatic rings. The quantitative estimate of drug-likeness (QED) is 0.542. The number of piperidine rings is 1. The van der Waals surface area contributed by atoms with Crippen molar-refractivity contribution in [3.05, 3.63) is 0 Å². The molecule has 10 heavy (non-hydrogen) atoms. The normalized spacial score (nSPS) is 44.7. The summed E-state index contributed by atoms with van der Waals surface area (Å²) >= 11 is 0. The maximum absolute atomic E-state index is 9.36. The second kappa shape index (κ2) is 3.07. The molecule has 60 valence electrons. The van der Waals surface area contributed by atoms with Gasteiger partial charge in [0.2, 0.25) is 0 Å². The first kappa shape index (κ1) is 8.31. The lowest BCUT2D eigenvalue weighted by Crippen LogP contribution is -2.32. The van der Waals surface area contributed by atoms with Crippen LogP contribution >= 0.6 is 12.4 Å². The number of hydrogen-bond acceptors (Lipinski definition) is 2. The Kier molecular flexibility index (Phi) is 2.55. The Labute approximate surface area is 67.4 Å². The molecule has 0 spiro atoms. The second-order valence-corrected chi connectivity index (χ2v) is 3.32. The minimum atomic E-state index is 0. The Balaban J connectivity index is 0.000000500. The molecular weight excluding hydrogens is 150 g/mol. The molecule has 1 saturated carbocycles. The molecule has 1 heterocycles. The smallest absolute Gasteiger partial charge is 0.0583 e. The van der Waals surface area contributed by atoms with E-state index in [4.69, 9.17) is 0 Å². The van der Waals surface area contributed by atoms with E-state index in [9.17, 15) is 5.11 Å². The van der Waals surface area contributed by atoms with E-state index in [2.05, 4.69) is 5.32 Å². The highest BCUT2D eigenvalue weighted by Gasteiger charge is 2.35. The minimum Gasteiger partial charge on any atom is -0.393 e. The predicted octanol–water partition coefficient (Wildman–Crippen LogP) is 0.398. The minimum absolute atomic E-state index is 0. The number of hydrogen-bond donors (Lipinski definition) is 2. The van der Waals surface area contributed by atoms with E-state index >= 15 is 0 Å². The van der Waals surface area contributed by atoms with Gasteiger partial charge in [0.25, 0.3) is 0 Å². The highest BCUT2D eigenvalue weighted by molar-refractivity contribution is 5.85. The fourth-order valence-electron chi connectivity index (χ4n) is 2.07. The Morgan fingerprint density at radius 2 is 2.00 bits per heavy atom. The van der Waals surface area contributed by atoms with Gasteiger partial charge < -0.3 is 10.4 Å². The van der Waals surface area contributed by atoms with Crippen LogP contribution in [-0.4, -0.2) is 24.3 Å². The van der Waals surface area contributed by atoms with Gasteiger partial charge in [-0.3, -0.25) is 0 Å². The molecule has 2 nitrogen and oxygen atoms in total. The number of aliphatic hydroxyl groups excluding tert-OH is 1. The zero-order chi connectivity index (χ0) is 6.27. The van der Waals surface area contributed by atoms with Gasteiger partial charge in [0.1, 0.15) is 0 Å². The molecule has 0 aromatic carbocycles. The molecule has 0 radical (unpaired) electrons. The van der Waals surface area contributed by atoms with Crippen molar-refractivity contribution in [3.8, 4) is 0 Å². The maximum atomic E-state index is 9.36. The average Bonchev–Trinajstić information content (AvgIpc) is 2.09. The third kappa shape index (κ3) is 1.29. The summed E-state index contributed by atoms with van der Waals surface area (Å²) in [6, 6.07) is 0. The van der Waals surface area contributed by atoms with E-state index in [1.807, 2.05) is 0 Å². The first-order valence-corrected chi connectivity index (χ1v) is 3.75. The summed E-state index contributed by atoms with van der Waals surface area (Å²) in [6.07, 6.45) is 2.30. The van der Waals surface area contributed by atoms with Crippen molar-refractivity contribution in [2.45, 2.75) is 18.9 Å². The van der Waals surface area contributed by atoms with E-state index < -0.39 is 0 Å². The van der Waals surface area contributed by atoms with Gasteiger partial charge in [0, 0.05) is 6.54 Å². The van der Waals surface area contributed by atoms with Crippen LogP contribution in [0.25, 0.3) is 0 Å². The van der Waals surface area contributed by atoms with Crippen LogP contribution in [0.2, 0.25) is 0 Å². The maximum Gasteiger partial charge on any atom is 0.0583 e. The molecule has 2 rings (SSSR count). The molecule has 0 aromatic heterocycles. The van der Waals surface area contributed by atoms with Gasteiger partial charge >= 0.3 is 0 Å². The highest BCUT2D eigenvalue weighted by Crippen LogP contribution is 2.32. The highest BCUT2D eigenvalue weighted by atomic mass is 35.5. The first-order chi connectivity index (χ1) is 4.36. The summed E-state index contributed by atoms with van der Waals surface area (Å²) in [7, 11) is 0. The van der Waals surface area contributed by atoms with Crippen LogP contribution in [0.15, 0.2) is 0 Å². The third-order valence-corrected chi connectivity index (χ3v) is 2.59. The van der Waals surface area contributed by atoms with Crippen molar-refractivity contribution >= 4 is 12.4 Å². The summed E-state index contributed by atoms with van der Waals surface area (Å²) in [6.45, 7) is 2.17. The molecule has 2 bridgehead atoms. The molecule has 0 amide bonds. The SMILES string of the molecule is Cl.OC1CC2CNCC1C2. The van der Waals surface area contributed by atoms with Crippen molar-refractivity contribution in [2.24, 2.45) is 11.8 Å². The number of rotatable bonds is 0. The topological polar surface area (TPSA) is 32.3 Å². The van der Waals surface area contributed by atoms with Crippen LogP contribution in [0, 0.1) is 11.8 Å². The van der Waals surface area contributed by atoms with Crippen molar-refractivity contribution < 1.29 is 5.11 Å². The summed E-state index contributed by atoms with van der Waals surface area (Å²) < 4.78 is 0. The van der Waals surface area contributed by atoms with Gasteiger partial charge in [0.05, 0.1) is 6.10 Å². The summed E-state index contributed by atoms with van der Waals surface area (Å²) in [5.41, 5.74) is 0. The number of nitrogens with one attached hydrogen (secondary N) is 1. The standard InChI is InChI=1S/C7H13NO.ClH/c9-7-2-5-1-6(7)4-8-3-5;/h5-9H,1-4H2;1H. The van der Waals surface area contributed by atoms with Crippen LogP contribution in [0.3, 0.4) is 0 Å². The first-order valence-electron chi connectivity index (χ1n) is 3.75. The molecular formula is C7H14ClNO. The monoisotopic (exact) mass is 163 g/mol. The Morgan fingerprint density at radius 1 is 1.20 bits per heavy atom. The lowest BCUT2D eigenvalue weighted by molar-refractivity contribution is 0.135. The van der Waals surface area contributed by atoms with E-state index in [1.165, 1.54) is 6.42 Å². The molecule has 2 fully saturated rings. The van der Waals surface area contributed by atoms with E-state index in [0.717, 1.165) is 25.4 Å². The zero-order valence-electron chi connectivity index (χ0n) is 5.92. The molecule has 3 atom stereocenters. The van der Waals surface area contributed by atoms with Gasteiger partial charge in [-0.15, -0.1) is 12.4 Å². The number of halogens is 1. The molecule has 3 heteroatoms. The lowest BCUT2D eigenvalue weighted by Gasteiger charge is -2.19. The number of fused-ring (bicyclic) bond motifs is 2. The Morgan fingerprint density at radius 3 is 2.60 bits per heavy atom. The largest absolute Gasteiger partial charge is 0.393 e. The van der Waals surface area contributed by atoms with Crippen molar-refractivity contribution in [1.82, 2.24) is 5.32 Å². The Hall–Kier alpha value is 0.210. The van der Waals surface area contributed by atoms with E-state index in [1.54, 1.807) is 0 Å². The molecule has 2 N–H and O–H groups in total. The fourth-order valence-corrected chi connectivity index (χ4v) is 2.07. The van der Waals surface area contributed by atoms with E-state index in [0.29, 0.717) is 5.92 Å². The molecule has 1 aliphatic heterocycles. The van der Waals surface area contributed by atoms with Gasteiger partial charge in [-0.2, -0.15) is 0 Å². The van der Waals surface area contributed by atoms with Crippen LogP contribution in [0.5, 0.6) is 0 Å². The van der Waals surface area contributed by atoms with Gasteiger partial charge in [-0.25, -0.2) is 0 Å². The molecule has 0 aromatic rings. The third-order valence-electron chi connectivity index (χ3n) is 2.59. The van der Waals surface area contributed by atoms with Crippen LogP contribution < -0.4 is 5.32 Å². The molecule has 1 aliphatic carbocycles. The summed E-state index contributed by atoms with van der Waals surface area (Å²) in [5, 5.41) is 12.7. The van der Waals surface area contributed by atoms with Crippen molar-refractivity contribution in [1.29, 1.82) is 0 Å². The van der Waals surface area contributed by atoms with Crippen molar-refractivity contribution in [3.63, 3.8) is 0 Å². The van der Waals surface area contributed by atoms with Gasteiger partial charge in [-0.1, -0.05) is 0 Å². The average molecular weight is 164 g/mol. The summed E-state index contributed by atoms with van der Waals surface area (Å²) in [5.74, 6) is 1.35. The number of aliphatic hydroxyl groups is 1. The summed E-state index contributed by atoms with van der Waals surface area (Å²) in [4.78, 5) is 0. The molecule has 1 saturated heterocycles. The van der Waals surface area contributed by atoms with Gasteiger partial charge in [-0.05, 0) is 31.2 Å². The van der Waals surface area contributed by atoms with Gasteiger partial charge in [0.15, 0.2) is 0 Å².